The Morgan fingerprint density at radius 2 is 1.08 bits per heavy atom. The summed E-state index contributed by atoms with van der Waals surface area (Å²) in [5, 5.41) is 43.8. The lowest BCUT2D eigenvalue weighted by Gasteiger charge is -2.61. The quantitative estimate of drug-likeness (QED) is 0.0744. The van der Waals surface area contributed by atoms with Crippen molar-refractivity contribution in [1.82, 2.24) is 15.1 Å². The molecule has 0 radical (unpaired) electrons. The number of nitro groups is 1. The van der Waals surface area contributed by atoms with E-state index in [9.17, 15) is 44.6 Å². The van der Waals surface area contributed by atoms with Crippen molar-refractivity contribution >= 4 is 40.4 Å². The van der Waals surface area contributed by atoms with Crippen molar-refractivity contribution in [3.63, 3.8) is 0 Å². The molecule has 6 N–H and O–H groups in total. The Kier molecular flexibility index (Phi) is 22.0. The molecule has 0 spiro atoms. The van der Waals surface area contributed by atoms with E-state index in [-0.39, 0.29) is 58.9 Å². The van der Waals surface area contributed by atoms with Gasteiger partial charge in [0.25, 0.3) is 5.69 Å². The van der Waals surface area contributed by atoms with Gasteiger partial charge in [0.1, 0.15) is 12.4 Å². The number of likely N-dealkylation sites (tertiary alicyclic amines) is 2. The first-order chi connectivity index (χ1) is 39.4. The van der Waals surface area contributed by atoms with Gasteiger partial charge in [0, 0.05) is 61.7 Å². The second-order valence-electron chi connectivity index (χ2n) is 29.3. The van der Waals surface area contributed by atoms with Crippen molar-refractivity contribution in [2.75, 3.05) is 65.6 Å². The van der Waals surface area contributed by atoms with Gasteiger partial charge in [0.2, 0.25) is 0 Å². The number of nitrogens with two attached hydrogens (primary N) is 1. The normalized spacial score (nSPS) is 39.9. The first-order valence-corrected chi connectivity index (χ1v) is 33.0. The fraction of sp³-hybridized carbons (Fsp3) is 0.848. The number of aliphatic hydroxyl groups excluding tert-OH is 1. The number of benzene rings is 1. The number of Topliss-reactive ketones (excluding diaryl/α,β-unsaturated/α-hetero) is 2. The van der Waals surface area contributed by atoms with Crippen LogP contribution in [0.4, 0.5) is 15.3 Å². The number of hydrogen-bond donors (Lipinski definition) is 5. The molecule has 10 aliphatic rings. The van der Waals surface area contributed by atoms with E-state index in [1.165, 1.54) is 121 Å². The fourth-order valence-corrected chi connectivity index (χ4v) is 20.0. The van der Waals surface area contributed by atoms with Crippen molar-refractivity contribution in [1.29, 1.82) is 0 Å². The summed E-state index contributed by atoms with van der Waals surface area (Å²) in [6.07, 6.45) is 27.5. The summed E-state index contributed by atoms with van der Waals surface area (Å²) in [6, 6.07) is 5.02. The third-order valence-corrected chi connectivity index (χ3v) is 24.5. The number of amides is 1. The van der Waals surface area contributed by atoms with Crippen LogP contribution in [0.15, 0.2) is 24.3 Å². The van der Waals surface area contributed by atoms with E-state index in [1.807, 2.05) is 13.8 Å². The second-order valence-corrected chi connectivity index (χ2v) is 29.7. The van der Waals surface area contributed by atoms with Gasteiger partial charge in [-0.05, 0) is 262 Å². The highest BCUT2D eigenvalue weighted by molar-refractivity contribution is 6.61. The topological polar surface area (TPSA) is 235 Å². The largest absolute Gasteiger partial charge is 0.442 e. The number of nitrogens with zero attached hydrogens (tertiary/aromatic N) is 3. The molecule has 11 rings (SSSR count). The molecule has 2 aliphatic heterocycles. The predicted molar refractivity (Wildman–Crippen MR) is 323 cm³/mol. The number of hydrogen-bond acceptors (Lipinski definition) is 14. The zero-order valence-corrected chi connectivity index (χ0v) is 52.3. The van der Waals surface area contributed by atoms with Crippen LogP contribution >= 0.6 is 11.6 Å². The number of aliphatic hydroxyl groups is 3. The Morgan fingerprint density at radius 1 is 0.627 bits per heavy atom. The maximum absolute atomic E-state index is 13.3. The average molecular weight is 1180 g/mol. The van der Waals surface area contributed by atoms with Gasteiger partial charge in [-0.3, -0.25) is 19.7 Å². The molecule has 2 heterocycles. The molecule has 8 saturated carbocycles. The van der Waals surface area contributed by atoms with Crippen LogP contribution in [-0.4, -0.2) is 130 Å². The number of fused-ring (bicyclic) bond motifs is 10. The Bertz CT molecular complexity index is 2360. The van der Waals surface area contributed by atoms with Gasteiger partial charge >= 0.3 is 11.5 Å². The van der Waals surface area contributed by atoms with Crippen molar-refractivity contribution in [3.8, 4) is 5.75 Å². The minimum atomic E-state index is -0.978. The third kappa shape index (κ3) is 15.2. The maximum Gasteiger partial charge on any atom is 0.409 e. The Labute approximate surface area is 501 Å². The standard InChI is InChI=1S/C30H50N2O4.C22H36O3.C7H4ClNO4.C7H16N2/c1-28(35)13-14-29(2)21(19-28)7-8-22-23-9-10-25(30(23,3)12-11-24(22)29)26(33)20-36-27(34)31-15-18-32-16-5-4-6-17-32;1-20(25)10-11-21(2)14(12-20)4-5-15-16-6-7-18(19(24)13-23)22(16,3)9-8-17(15)21;8-7(10)13-6-3-1-5(2-4-6)9(11)12;8-4-7-9-5-2-1-3-6-9/h21-25,35H,4-20H2,1-3H3,(H,31,34);14-18,23,25H,4-13H2,1-3H3;1-4H;1-8H2/t21?,22-,23-,24?,25+,28+,29-,30-;14?,15-,16-,17?,18+,20+,21-,22-;;/m00../s1. The molecule has 8 aliphatic carbocycles. The number of non-ortho nitro benzene ring substituents is 1. The smallest absolute Gasteiger partial charge is 0.409 e. The number of piperidine rings is 2. The number of halogens is 1. The van der Waals surface area contributed by atoms with Crippen molar-refractivity contribution in [2.45, 2.75) is 207 Å². The van der Waals surface area contributed by atoms with E-state index >= 15 is 0 Å². The summed E-state index contributed by atoms with van der Waals surface area (Å²) in [7, 11) is 0. The van der Waals surface area contributed by atoms with Gasteiger partial charge in [0.05, 0.1) is 16.1 Å². The molecule has 83 heavy (non-hydrogen) atoms. The van der Waals surface area contributed by atoms with Crippen molar-refractivity contribution in [3.05, 3.63) is 34.4 Å². The van der Waals surface area contributed by atoms with Gasteiger partial charge in [0.15, 0.2) is 18.2 Å². The molecule has 1 aromatic rings. The summed E-state index contributed by atoms with van der Waals surface area (Å²) >= 11 is 4.92. The molecule has 4 unspecified atom stereocenters. The SMILES string of the molecule is C[C@@]1(O)CC[C@@]2(C)C(CC[C@@H]3C2CC[C@]2(C)[C@@H](C(=O)CO)CC[C@@H]32)C1.C[C@@]1(O)CC[C@@]2(C)C(CC[C@@H]3C2CC[C@]2(C)[C@@H](C(=O)COC(=O)NCCN4CCCCC4)CC[C@@H]32)C1.NCCN1CCCCC1.O=C(Cl)Oc1ccc([N+](=O)[O-])cc1. The van der Waals surface area contributed by atoms with Gasteiger partial charge in [-0.1, -0.05) is 40.5 Å². The Hall–Kier alpha value is -3.25. The predicted octanol–water partition coefficient (Wildman–Crippen LogP) is 11.9. The van der Waals surface area contributed by atoms with E-state index in [0.717, 1.165) is 121 Å². The van der Waals surface area contributed by atoms with Crippen LogP contribution in [0.25, 0.3) is 0 Å². The summed E-state index contributed by atoms with van der Waals surface area (Å²) < 4.78 is 9.85. The molecule has 17 heteroatoms. The number of carbonyl (C=O) groups excluding carboxylic acids is 4. The highest BCUT2D eigenvalue weighted by Gasteiger charge is 2.63. The summed E-state index contributed by atoms with van der Waals surface area (Å²) in [4.78, 5) is 62.6. The lowest BCUT2D eigenvalue weighted by molar-refractivity contribution is -0.384. The molecule has 0 aromatic heterocycles. The lowest BCUT2D eigenvalue weighted by atomic mass is 9.44. The first kappa shape index (κ1) is 65.7. The van der Waals surface area contributed by atoms with Crippen LogP contribution in [0.2, 0.25) is 0 Å². The van der Waals surface area contributed by atoms with Gasteiger partial charge in [-0.2, -0.15) is 0 Å². The Morgan fingerprint density at radius 3 is 1.53 bits per heavy atom. The van der Waals surface area contributed by atoms with Crippen LogP contribution < -0.4 is 15.8 Å². The van der Waals surface area contributed by atoms with Crippen LogP contribution in [0.1, 0.15) is 196 Å². The summed E-state index contributed by atoms with van der Waals surface area (Å²) in [5.74, 6) is 5.97. The van der Waals surface area contributed by atoms with Gasteiger partial charge in [-0.15, -0.1) is 0 Å². The number of carbonyl (C=O) groups is 4. The van der Waals surface area contributed by atoms with Crippen molar-refractivity contribution in [2.24, 2.45) is 86.6 Å². The maximum atomic E-state index is 13.3. The van der Waals surface area contributed by atoms with Crippen molar-refractivity contribution < 1.29 is 48.9 Å². The zero-order chi connectivity index (χ0) is 60.0. The molecule has 2 saturated heterocycles. The first-order valence-electron chi connectivity index (χ1n) is 32.6. The molecule has 1 amide bonds. The lowest BCUT2D eigenvalue weighted by Crippen LogP contribution is -2.55. The molecular formula is C66H106ClN5O11. The van der Waals surface area contributed by atoms with Crippen LogP contribution in [0.5, 0.6) is 5.75 Å². The number of ether oxygens (including phenoxy) is 2. The number of alkyl carbamates (subject to hydrolysis) is 1. The number of nitro benzene ring substituents is 1. The summed E-state index contributed by atoms with van der Waals surface area (Å²) in [5.41, 5.74) is 4.27. The van der Waals surface area contributed by atoms with E-state index < -0.39 is 27.6 Å². The zero-order valence-electron chi connectivity index (χ0n) is 51.5. The van der Waals surface area contributed by atoms with Crippen LogP contribution in [-0.2, 0) is 14.3 Å². The van der Waals surface area contributed by atoms with E-state index in [2.05, 4.69) is 47.5 Å². The average Bonchev–Trinajstić information content (AvgIpc) is 2.66. The minimum Gasteiger partial charge on any atom is -0.442 e. The molecule has 1 aromatic carbocycles. The molecule has 468 valence electrons. The number of ketones is 2. The van der Waals surface area contributed by atoms with Gasteiger partial charge < -0.3 is 45.6 Å². The summed E-state index contributed by atoms with van der Waals surface area (Å²) in [6.45, 7) is 21.5. The van der Waals surface area contributed by atoms with E-state index in [1.54, 1.807) is 0 Å². The van der Waals surface area contributed by atoms with E-state index in [4.69, 9.17) is 22.1 Å². The molecule has 16 atom stereocenters. The van der Waals surface area contributed by atoms with Crippen LogP contribution in [0, 0.1) is 91.0 Å². The number of nitrogens with one attached hydrogen (secondary N) is 1. The monoisotopic (exact) mass is 1180 g/mol. The molecule has 16 nitrogen and oxygen atoms in total. The third-order valence-electron chi connectivity index (χ3n) is 24.5. The highest BCUT2D eigenvalue weighted by atomic mass is 35.5. The highest BCUT2D eigenvalue weighted by Crippen LogP contribution is 2.70. The molecule has 10 fully saturated rings. The molecular weight excluding hydrogens is 1070 g/mol. The van der Waals surface area contributed by atoms with Gasteiger partial charge in [-0.25, -0.2) is 9.59 Å². The second kappa shape index (κ2) is 27.8. The van der Waals surface area contributed by atoms with Crippen LogP contribution in [0.3, 0.4) is 0 Å². The fourth-order valence-electron chi connectivity index (χ4n) is 19.9. The van der Waals surface area contributed by atoms with E-state index in [0.29, 0.717) is 47.0 Å². The minimum absolute atomic E-state index is 0.0159. The molecule has 0 bridgehead atoms. The Balaban J connectivity index is 0.000000164. The number of rotatable bonds is 12.